The Kier molecular flexibility index (Phi) is 6.83. The zero-order chi connectivity index (χ0) is 20.1. The zero-order valence-electron chi connectivity index (χ0n) is 16.9. The summed E-state index contributed by atoms with van der Waals surface area (Å²) in [5.41, 5.74) is 2.89. The number of piperidine rings is 1. The van der Waals surface area contributed by atoms with Crippen LogP contribution in [0.25, 0.3) is 0 Å². The quantitative estimate of drug-likeness (QED) is 0.804. The Morgan fingerprint density at radius 3 is 2.93 bits per heavy atom. The van der Waals surface area contributed by atoms with E-state index in [0.717, 1.165) is 54.2 Å². The van der Waals surface area contributed by atoms with Gasteiger partial charge in [0, 0.05) is 48.8 Å². The SMILES string of the molecule is Cc1cccc(C(=O)N2CCC[C@@H](c3nc(CCNC(=O)C(C)C)cs3)C2)c1. The summed E-state index contributed by atoms with van der Waals surface area (Å²) < 4.78 is 0. The number of carbonyl (C=O) groups is 2. The Labute approximate surface area is 171 Å². The molecule has 2 aromatic rings. The fourth-order valence-corrected chi connectivity index (χ4v) is 4.45. The third-order valence-electron chi connectivity index (χ3n) is 5.10. The molecule has 28 heavy (non-hydrogen) atoms. The van der Waals surface area contributed by atoms with E-state index >= 15 is 0 Å². The number of nitrogens with one attached hydrogen (secondary N) is 1. The average molecular weight is 400 g/mol. The molecule has 0 radical (unpaired) electrons. The fraction of sp³-hybridized carbons (Fsp3) is 0.500. The van der Waals surface area contributed by atoms with Gasteiger partial charge in [0.25, 0.3) is 5.91 Å². The van der Waals surface area contributed by atoms with Crippen LogP contribution in [0.5, 0.6) is 0 Å². The second-order valence-corrected chi connectivity index (χ2v) is 8.72. The molecule has 1 N–H and O–H groups in total. The van der Waals surface area contributed by atoms with Crippen LogP contribution in [0.15, 0.2) is 29.6 Å². The van der Waals surface area contributed by atoms with Gasteiger partial charge in [-0.05, 0) is 31.9 Å². The van der Waals surface area contributed by atoms with Gasteiger partial charge in [-0.2, -0.15) is 0 Å². The van der Waals surface area contributed by atoms with E-state index in [9.17, 15) is 9.59 Å². The number of rotatable bonds is 6. The van der Waals surface area contributed by atoms with Gasteiger partial charge in [-0.1, -0.05) is 31.5 Å². The van der Waals surface area contributed by atoms with Gasteiger partial charge >= 0.3 is 0 Å². The minimum Gasteiger partial charge on any atom is -0.355 e. The summed E-state index contributed by atoms with van der Waals surface area (Å²) in [7, 11) is 0. The van der Waals surface area contributed by atoms with Crippen molar-refractivity contribution >= 4 is 23.2 Å². The Balaban J connectivity index is 1.58. The number of hydrogen-bond acceptors (Lipinski definition) is 4. The molecule has 5 nitrogen and oxygen atoms in total. The highest BCUT2D eigenvalue weighted by molar-refractivity contribution is 7.09. The van der Waals surface area contributed by atoms with E-state index in [1.807, 2.05) is 49.9 Å². The lowest BCUT2D eigenvalue weighted by molar-refractivity contribution is -0.123. The van der Waals surface area contributed by atoms with E-state index in [1.165, 1.54) is 0 Å². The van der Waals surface area contributed by atoms with Crippen molar-refractivity contribution in [2.75, 3.05) is 19.6 Å². The minimum atomic E-state index is 0.00477. The lowest BCUT2D eigenvalue weighted by Gasteiger charge is -2.32. The Bertz CT molecular complexity index is 831. The molecule has 0 saturated carbocycles. The maximum absolute atomic E-state index is 12.9. The molecule has 6 heteroatoms. The predicted molar refractivity (Wildman–Crippen MR) is 113 cm³/mol. The molecular formula is C22H29N3O2S. The van der Waals surface area contributed by atoms with Gasteiger partial charge in [-0.3, -0.25) is 9.59 Å². The van der Waals surface area contributed by atoms with Crippen molar-refractivity contribution < 1.29 is 9.59 Å². The summed E-state index contributed by atoms with van der Waals surface area (Å²) in [6, 6.07) is 7.80. The number of aromatic nitrogens is 1. The second kappa shape index (κ2) is 9.32. The van der Waals surface area contributed by atoms with Crippen LogP contribution in [-0.2, 0) is 11.2 Å². The Morgan fingerprint density at radius 1 is 1.36 bits per heavy atom. The maximum Gasteiger partial charge on any atom is 0.253 e. The number of likely N-dealkylation sites (tertiary alicyclic amines) is 1. The molecule has 1 aliphatic rings. The van der Waals surface area contributed by atoms with Crippen LogP contribution in [0, 0.1) is 12.8 Å². The predicted octanol–water partition coefficient (Wildman–Crippen LogP) is 3.79. The monoisotopic (exact) mass is 399 g/mol. The second-order valence-electron chi connectivity index (χ2n) is 7.83. The molecule has 0 unspecified atom stereocenters. The van der Waals surface area contributed by atoms with Crippen molar-refractivity contribution in [2.24, 2.45) is 5.92 Å². The first-order valence-electron chi connectivity index (χ1n) is 10.0. The molecule has 1 saturated heterocycles. The van der Waals surface area contributed by atoms with Crippen LogP contribution in [-0.4, -0.2) is 41.3 Å². The van der Waals surface area contributed by atoms with Gasteiger partial charge in [-0.15, -0.1) is 11.3 Å². The Hall–Kier alpha value is -2.21. The number of thiazole rings is 1. The van der Waals surface area contributed by atoms with Gasteiger partial charge in [0.05, 0.1) is 10.7 Å². The van der Waals surface area contributed by atoms with Crippen molar-refractivity contribution in [1.29, 1.82) is 0 Å². The molecule has 2 amide bonds. The zero-order valence-corrected chi connectivity index (χ0v) is 17.7. The molecule has 150 valence electrons. The summed E-state index contributed by atoms with van der Waals surface area (Å²) in [4.78, 5) is 31.3. The standard InChI is InChI=1S/C22H29N3O2S/c1-15(2)20(26)23-10-9-19-14-28-21(24-19)18-8-5-11-25(13-18)22(27)17-7-4-6-16(3)12-17/h4,6-7,12,14-15,18H,5,8-11,13H2,1-3H3,(H,23,26)/t18-/m1/s1. The normalized spacial score (nSPS) is 17.0. The van der Waals surface area contributed by atoms with Gasteiger partial charge in [0.1, 0.15) is 0 Å². The number of benzene rings is 1. The van der Waals surface area contributed by atoms with Crippen molar-refractivity contribution in [3.63, 3.8) is 0 Å². The van der Waals surface area contributed by atoms with Crippen LogP contribution in [0.4, 0.5) is 0 Å². The van der Waals surface area contributed by atoms with E-state index in [-0.39, 0.29) is 17.7 Å². The van der Waals surface area contributed by atoms with E-state index in [4.69, 9.17) is 4.98 Å². The minimum absolute atomic E-state index is 0.00477. The lowest BCUT2D eigenvalue weighted by Crippen LogP contribution is -2.39. The summed E-state index contributed by atoms with van der Waals surface area (Å²) in [6.07, 6.45) is 2.81. The maximum atomic E-state index is 12.9. The molecule has 1 aromatic heterocycles. The number of amides is 2. The largest absolute Gasteiger partial charge is 0.355 e. The first kappa shape index (κ1) is 20.5. The van der Waals surface area contributed by atoms with Crippen LogP contribution >= 0.6 is 11.3 Å². The molecule has 1 atom stereocenters. The van der Waals surface area contributed by atoms with E-state index in [2.05, 4.69) is 10.7 Å². The highest BCUT2D eigenvalue weighted by atomic mass is 32.1. The summed E-state index contributed by atoms with van der Waals surface area (Å²) in [5, 5.41) is 6.12. The number of carbonyl (C=O) groups excluding carboxylic acids is 2. The molecule has 1 fully saturated rings. The van der Waals surface area contributed by atoms with Gasteiger partial charge in [0.15, 0.2) is 0 Å². The highest BCUT2D eigenvalue weighted by Gasteiger charge is 2.27. The van der Waals surface area contributed by atoms with Gasteiger partial charge < -0.3 is 10.2 Å². The topological polar surface area (TPSA) is 62.3 Å². The molecule has 0 bridgehead atoms. The number of hydrogen-bond donors (Lipinski definition) is 1. The Morgan fingerprint density at radius 2 is 2.18 bits per heavy atom. The molecule has 1 aliphatic heterocycles. The van der Waals surface area contributed by atoms with E-state index in [1.54, 1.807) is 11.3 Å². The smallest absolute Gasteiger partial charge is 0.253 e. The molecule has 0 spiro atoms. The molecular weight excluding hydrogens is 370 g/mol. The molecule has 1 aromatic carbocycles. The third kappa shape index (κ3) is 5.19. The van der Waals surface area contributed by atoms with Crippen molar-refractivity contribution in [1.82, 2.24) is 15.2 Å². The molecule has 3 rings (SSSR count). The highest BCUT2D eigenvalue weighted by Crippen LogP contribution is 2.30. The number of nitrogens with zero attached hydrogens (tertiary/aromatic N) is 2. The van der Waals surface area contributed by atoms with Gasteiger partial charge in [0.2, 0.25) is 5.91 Å². The van der Waals surface area contributed by atoms with Gasteiger partial charge in [-0.25, -0.2) is 4.98 Å². The number of aryl methyl sites for hydroxylation is 1. The first-order chi connectivity index (χ1) is 13.4. The van der Waals surface area contributed by atoms with Crippen molar-refractivity contribution in [2.45, 2.75) is 46.0 Å². The average Bonchev–Trinajstić information content (AvgIpc) is 3.16. The van der Waals surface area contributed by atoms with E-state index < -0.39 is 0 Å². The van der Waals surface area contributed by atoms with Crippen LogP contribution in [0.2, 0.25) is 0 Å². The lowest BCUT2D eigenvalue weighted by atomic mass is 9.97. The third-order valence-corrected chi connectivity index (χ3v) is 6.15. The first-order valence-corrected chi connectivity index (χ1v) is 10.9. The van der Waals surface area contributed by atoms with Crippen LogP contribution in [0.1, 0.15) is 59.2 Å². The summed E-state index contributed by atoms with van der Waals surface area (Å²) in [6.45, 7) is 7.94. The van der Waals surface area contributed by atoms with Crippen molar-refractivity contribution in [3.8, 4) is 0 Å². The summed E-state index contributed by atoms with van der Waals surface area (Å²) in [5.74, 6) is 0.492. The van der Waals surface area contributed by atoms with E-state index in [0.29, 0.717) is 12.5 Å². The van der Waals surface area contributed by atoms with Crippen LogP contribution < -0.4 is 5.32 Å². The summed E-state index contributed by atoms with van der Waals surface area (Å²) >= 11 is 1.67. The van der Waals surface area contributed by atoms with Crippen molar-refractivity contribution in [3.05, 3.63) is 51.5 Å². The fourth-order valence-electron chi connectivity index (χ4n) is 3.47. The molecule has 2 heterocycles. The van der Waals surface area contributed by atoms with Crippen LogP contribution in [0.3, 0.4) is 0 Å². The molecule has 0 aliphatic carbocycles.